The number of hydrogen-bond acceptors (Lipinski definition) is 3. The lowest BCUT2D eigenvalue weighted by Gasteiger charge is -2.07. The van der Waals surface area contributed by atoms with Gasteiger partial charge in [-0.25, -0.2) is 9.36 Å². The normalized spacial score (nSPS) is 10.8. The van der Waals surface area contributed by atoms with Gasteiger partial charge in [-0.3, -0.25) is 9.59 Å². The first-order valence-corrected chi connectivity index (χ1v) is 5.80. The highest BCUT2D eigenvalue weighted by molar-refractivity contribution is 5.89. The predicted octanol–water partition coefficient (Wildman–Crippen LogP) is 0.612. The standard InChI is InChI=1S/C13H10N4O3/c14-13(20)17-10-6-7(8-2-1-5-15-8)3-4-9(10)16-11(18)12(17)19/h1-6,15H,(H2,14,20)(H,16,18). The summed E-state index contributed by atoms with van der Waals surface area (Å²) in [4.78, 5) is 40.0. The Bertz CT molecular complexity index is 919. The van der Waals surface area contributed by atoms with E-state index in [0.29, 0.717) is 10.1 Å². The molecule has 100 valence electrons. The fourth-order valence-corrected chi connectivity index (χ4v) is 2.11. The Hall–Kier alpha value is -3.09. The van der Waals surface area contributed by atoms with E-state index in [1.807, 2.05) is 12.1 Å². The van der Waals surface area contributed by atoms with E-state index in [-0.39, 0.29) is 5.52 Å². The summed E-state index contributed by atoms with van der Waals surface area (Å²) < 4.78 is 0.667. The number of rotatable bonds is 1. The van der Waals surface area contributed by atoms with Crippen molar-refractivity contribution in [2.45, 2.75) is 0 Å². The first-order chi connectivity index (χ1) is 9.58. The molecule has 0 unspecified atom stereocenters. The van der Waals surface area contributed by atoms with Gasteiger partial charge in [0.25, 0.3) is 0 Å². The Morgan fingerprint density at radius 3 is 2.65 bits per heavy atom. The van der Waals surface area contributed by atoms with Gasteiger partial charge in [0.15, 0.2) is 0 Å². The van der Waals surface area contributed by atoms with Crippen LogP contribution in [0.3, 0.4) is 0 Å². The van der Waals surface area contributed by atoms with Crippen molar-refractivity contribution in [2.24, 2.45) is 5.73 Å². The van der Waals surface area contributed by atoms with Crippen LogP contribution in [-0.2, 0) is 0 Å². The number of carbonyl (C=O) groups is 1. The number of amides is 1. The highest BCUT2D eigenvalue weighted by Gasteiger charge is 2.12. The number of nitrogens with two attached hydrogens (primary N) is 1. The van der Waals surface area contributed by atoms with Crippen LogP contribution in [0.2, 0.25) is 0 Å². The highest BCUT2D eigenvalue weighted by Crippen LogP contribution is 2.20. The Labute approximate surface area is 111 Å². The fraction of sp³-hybridized carbons (Fsp3) is 0. The van der Waals surface area contributed by atoms with Gasteiger partial charge < -0.3 is 15.7 Å². The van der Waals surface area contributed by atoms with Gasteiger partial charge in [-0.2, -0.15) is 0 Å². The maximum Gasteiger partial charge on any atom is 0.326 e. The first-order valence-electron chi connectivity index (χ1n) is 5.80. The molecular formula is C13H10N4O3. The monoisotopic (exact) mass is 270 g/mol. The third-order valence-corrected chi connectivity index (χ3v) is 3.01. The Morgan fingerprint density at radius 1 is 1.20 bits per heavy atom. The molecule has 0 bridgehead atoms. The topological polar surface area (TPSA) is 114 Å². The lowest BCUT2D eigenvalue weighted by atomic mass is 10.1. The molecule has 7 heteroatoms. The minimum atomic E-state index is -0.992. The molecule has 7 nitrogen and oxygen atoms in total. The van der Waals surface area contributed by atoms with Gasteiger partial charge in [0, 0.05) is 17.5 Å². The third-order valence-electron chi connectivity index (χ3n) is 3.01. The Kier molecular flexibility index (Phi) is 2.53. The van der Waals surface area contributed by atoms with Crippen LogP contribution in [0.4, 0.5) is 4.79 Å². The summed E-state index contributed by atoms with van der Waals surface area (Å²) in [6.07, 6.45) is 1.76. The molecule has 0 atom stereocenters. The second kappa shape index (κ2) is 4.23. The Balaban J connectivity index is 2.41. The minimum absolute atomic E-state index is 0.259. The average molecular weight is 270 g/mol. The van der Waals surface area contributed by atoms with E-state index in [1.165, 1.54) is 0 Å². The zero-order valence-electron chi connectivity index (χ0n) is 10.2. The molecule has 0 aliphatic heterocycles. The summed E-state index contributed by atoms with van der Waals surface area (Å²) in [6.45, 7) is 0. The molecule has 0 aliphatic carbocycles. The van der Waals surface area contributed by atoms with Crippen LogP contribution < -0.4 is 16.9 Å². The maximum absolute atomic E-state index is 11.7. The predicted molar refractivity (Wildman–Crippen MR) is 73.6 cm³/mol. The number of nitrogens with zero attached hydrogens (tertiary/aromatic N) is 1. The molecule has 0 spiro atoms. The van der Waals surface area contributed by atoms with Gasteiger partial charge >= 0.3 is 17.1 Å². The van der Waals surface area contributed by atoms with Crippen molar-refractivity contribution in [1.29, 1.82) is 0 Å². The molecule has 20 heavy (non-hydrogen) atoms. The second-order valence-electron chi connectivity index (χ2n) is 4.25. The molecule has 4 N–H and O–H groups in total. The SMILES string of the molecule is NC(=O)n1c(=O)c(=O)[nH]c2ccc(-c3ccc[nH]3)cc21. The van der Waals surface area contributed by atoms with Crippen LogP contribution >= 0.6 is 0 Å². The van der Waals surface area contributed by atoms with Crippen LogP contribution in [0.1, 0.15) is 0 Å². The fourth-order valence-electron chi connectivity index (χ4n) is 2.11. The summed E-state index contributed by atoms with van der Waals surface area (Å²) in [7, 11) is 0. The van der Waals surface area contributed by atoms with Crippen molar-refractivity contribution < 1.29 is 4.79 Å². The highest BCUT2D eigenvalue weighted by atomic mass is 16.2. The Morgan fingerprint density at radius 2 is 2.00 bits per heavy atom. The van der Waals surface area contributed by atoms with Crippen molar-refractivity contribution in [1.82, 2.24) is 14.5 Å². The molecule has 3 aromatic rings. The van der Waals surface area contributed by atoms with Crippen molar-refractivity contribution in [3.63, 3.8) is 0 Å². The smallest absolute Gasteiger partial charge is 0.326 e. The van der Waals surface area contributed by atoms with E-state index in [4.69, 9.17) is 5.73 Å². The average Bonchev–Trinajstić information content (AvgIpc) is 2.93. The van der Waals surface area contributed by atoms with Crippen molar-refractivity contribution in [3.05, 3.63) is 57.2 Å². The van der Waals surface area contributed by atoms with Crippen LogP contribution in [0.25, 0.3) is 22.3 Å². The molecule has 3 rings (SSSR count). The lowest BCUT2D eigenvalue weighted by molar-refractivity contribution is 0.250. The number of aromatic nitrogens is 3. The zero-order chi connectivity index (χ0) is 14.3. The van der Waals surface area contributed by atoms with Gasteiger partial charge in [0.05, 0.1) is 11.0 Å². The summed E-state index contributed by atoms with van der Waals surface area (Å²) >= 11 is 0. The van der Waals surface area contributed by atoms with E-state index < -0.39 is 17.1 Å². The molecule has 2 aromatic heterocycles. The quantitative estimate of drug-likeness (QED) is 0.563. The number of carbonyl (C=O) groups excluding carboxylic acids is 1. The minimum Gasteiger partial charge on any atom is -0.361 e. The number of nitrogens with one attached hydrogen (secondary N) is 2. The van der Waals surface area contributed by atoms with E-state index in [2.05, 4.69) is 9.97 Å². The van der Waals surface area contributed by atoms with Crippen LogP contribution in [0.15, 0.2) is 46.1 Å². The van der Waals surface area contributed by atoms with Gasteiger partial charge in [-0.15, -0.1) is 0 Å². The van der Waals surface area contributed by atoms with E-state index in [0.717, 1.165) is 11.3 Å². The van der Waals surface area contributed by atoms with Crippen LogP contribution in [0.5, 0.6) is 0 Å². The molecule has 0 radical (unpaired) electrons. The maximum atomic E-state index is 11.7. The number of primary amides is 1. The summed E-state index contributed by atoms with van der Waals surface area (Å²) in [6, 6.07) is 7.68. The second-order valence-corrected chi connectivity index (χ2v) is 4.25. The van der Waals surface area contributed by atoms with Gasteiger partial charge in [0.1, 0.15) is 0 Å². The first kappa shape index (κ1) is 12.0. The number of hydrogen-bond donors (Lipinski definition) is 3. The molecule has 0 aliphatic rings. The molecular weight excluding hydrogens is 260 g/mol. The molecule has 1 aromatic carbocycles. The molecule has 1 amide bonds. The van der Waals surface area contributed by atoms with Crippen LogP contribution in [-0.4, -0.2) is 20.6 Å². The van der Waals surface area contributed by atoms with Crippen LogP contribution in [0, 0.1) is 0 Å². The summed E-state index contributed by atoms with van der Waals surface area (Å²) in [5.74, 6) is 0. The molecule has 0 fully saturated rings. The largest absolute Gasteiger partial charge is 0.361 e. The van der Waals surface area contributed by atoms with E-state index in [9.17, 15) is 14.4 Å². The number of H-pyrrole nitrogens is 2. The summed E-state index contributed by atoms with van der Waals surface area (Å²) in [5, 5.41) is 0. The van der Waals surface area contributed by atoms with Gasteiger partial charge in [0.2, 0.25) is 0 Å². The van der Waals surface area contributed by atoms with Crippen molar-refractivity contribution >= 4 is 17.1 Å². The molecule has 0 saturated heterocycles. The summed E-state index contributed by atoms with van der Waals surface area (Å²) in [5.41, 5.74) is 5.52. The van der Waals surface area contributed by atoms with Crippen molar-refractivity contribution in [3.8, 4) is 11.3 Å². The zero-order valence-corrected chi connectivity index (χ0v) is 10.2. The molecule has 2 heterocycles. The number of fused-ring (bicyclic) bond motifs is 1. The number of benzene rings is 1. The van der Waals surface area contributed by atoms with Crippen molar-refractivity contribution in [2.75, 3.05) is 0 Å². The third kappa shape index (κ3) is 1.72. The molecule has 0 saturated carbocycles. The van der Waals surface area contributed by atoms with E-state index >= 15 is 0 Å². The van der Waals surface area contributed by atoms with Gasteiger partial charge in [-0.1, -0.05) is 6.07 Å². The lowest BCUT2D eigenvalue weighted by Crippen LogP contribution is -2.41. The van der Waals surface area contributed by atoms with E-state index in [1.54, 1.807) is 24.4 Å². The number of aromatic amines is 2. The van der Waals surface area contributed by atoms with Gasteiger partial charge in [-0.05, 0) is 24.3 Å².